The zero-order valence-corrected chi connectivity index (χ0v) is 22.5. The van der Waals surface area contributed by atoms with Gasteiger partial charge in [0.1, 0.15) is 11.5 Å². The first-order chi connectivity index (χ1) is 18.1. The number of aryl methyl sites for hydroxylation is 2. The maximum atomic E-state index is 12.7. The van der Waals surface area contributed by atoms with Crippen LogP contribution in [0.4, 0.5) is 11.4 Å². The molecule has 1 fully saturated rings. The second-order valence-corrected chi connectivity index (χ2v) is 10.1. The van der Waals surface area contributed by atoms with Crippen molar-refractivity contribution in [1.29, 1.82) is 0 Å². The first-order valence-corrected chi connectivity index (χ1v) is 12.8. The van der Waals surface area contributed by atoms with Gasteiger partial charge >= 0.3 is 5.97 Å². The van der Waals surface area contributed by atoms with Gasteiger partial charge in [-0.15, -0.1) is 0 Å². The van der Waals surface area contributed by atoms with Crippen molar-refractivity contribution in [3.8, 4) is 11.5 Å². The first-order valence-electron chi connectivity index (χ1n) is 12.8. The molecule has 38 heavy (non-hydrogen) atoms. The Morgan fingerprint density at radius 1 is 1.03 bits per heavy atom. The maximum absolute atomic E-state index is 12.7. The molecule has 3 aromatic rings. The molecule has 3 aromatic carbocycles. The predicted molar refractivity (Wildman–Crippen MR) is 148 cm³/mol. The third-order valence-corrected chi connectivity index (χ3v) is 6.85. The van der Waals surface area contributed by atoms with Crippen LogP contribution in [0.25, 0.3) is 0 Å². The van der Waals surface area contributed by atoms with Crippen molar-refractivity contribution < 1.29 is 23.9 Å². The van der Waals surface area contributed by atoms with Crippen LogP contribution in [-0.4, -0.2) is 30.9 Å². The van der Waals surface area contributed by atoms with Crippen LogP contribution < -0.4 is 15.0 Å². The fourth-order valence-electron chi connectivity index (χ4n) is 4.47. The Balaban J connectivity index is 1.33. The lowest BCUT2D eigenvalue weighted by atomic mass is 10.0. The highest BCUT2D eigenvalue weighted by Crippen LogP contribution is 2.33. The minimum Gasteiger partial charge on any atom is -0.457 e. The van der Waals surface area contributed by atoms with E-state index in [0.717, 1.165) is 28.0 Å². The van der Waals surface area contributed by atoms with E-state index in [1.807, 2.05) is 63.2 Å². The summed E-state index contributed by atoms with van der Waals surface area (Å²) in [6, 6.07) is 19.0. The Morgan fingerprint density at radius 3 is 2.47 bits per heavy atom. The third kappa shape index (κ3) is 6.22. The van der Waals surface area contributed by atoms with Crippen LogP contribution in [0, 0.1) is 26.7 Å². The van der Waals surface area contributed by atoms with E-state index in [0.29, 0.717) is 23.0 Å². The number of hydrogen-bond acceptors (Lipinski definition) is 5. The predicted octanol–water partition coefficient (Wildman–Crippen LogP) is 6.06. The number of hydrogen-bond donors (Lipinski definition) is 1. The standard InChI is InChI=1S/C31H34N2O5/c1-19(2)26-14-9-20(3)15-28(26)38-25-12-10-24(11-13-25)33-17-23(16-30(33)35)31(36)37-18-29(34)32-27-8-6-7-21(4)22(27)5/h6-15,19,23H,16-18H2,1-5H3,(H,32,34)/t23-/m0/s1. The molecule has 1 saturated heterocycles. The first kappa shape index (κ1) is 26.9. The van der Waals surface area contributed by atoms with Crippen LogP contribution in [0.2, 0.25) is 0 Å². The Labute approximate surface area is 223 Å². The van der Waals surface area contributed by atoms with Crippen molar-refractivity contribution in [3.63, 3.8) is 0 Å². The van der Waals surface area contributed by atoms with Gasteiger partial charge in [0.2, 0.25) is 5.91 Å². The number of anilines is 2. The van der Waals surface area contributed by atoms with Crippen LogP contribution in [0.3, 0.4) is 0 Å². The Hall–Kier alpha value is -4.13. The molecule has 0 unspecified atom stereocenters. The SMILES string of the molecule is Cc1ccc(C(C)C)c(Oc2ccc(N3C[C@@H](C(=O)OCC(=O)Nc4cccc(C)c4C)CC3=O)cc2)c1. The van der Waals surface area contributed by atoms with E-state index in [1.165, 1.54) is 0 Å². The van der Waals surface area contributed by atoms with Crippen LogP contribution in [0.1, 0.15) is 48.4 Å². The quantitative estimate of drug-likeness (QED) is 0.369. The molecular weight excluding hydrogens is 480 g/mol. The van der Waals surface area contributed by atoms with Gasteiger partial charge in [0, 0.05) is 24.3 Å². The van der Waals surface area contributed by atoms with E-state index in [-0.39, 0.29) is 18.9 Å². The minimum atomic E-state index is -0.632. The molecule has 1 N–H and O–H groups in total. The molecule has 0 saturated carbocycles. The number of carbonyl (C=O) groups is 3. The van der Waals surface area contributed by atoms with Crippen LogP contribution >= 0.6 is 0 Å². The van der Waals surface area contributed by atoms with E-state index in [1.54, 1.807) is 11.0 Å². The minimum absolute atomic E-state index is 0.0384. The van der Waals surface area contributed by atoms with E-state index in [4.69, 9.17) is 9.47 Å². The summed E-state index contributed by atoms with van der Waals surface area (Å²) in [6.07, 6.45) is 0.0384. The Bertz CT molecular complexity index is 1350. The lowest BCUT2D eigenvalue weighted by Gasteiger charge is -2.18. The fourth-order valence-corrected chi connectivity index (χ4v) is 4.47. The van der Waals surface area contributed by atoms with Gasteiger partial charge < -0.3 is 19.7 Å². The molecule has 1 atom stereocenters. The van der Waals surface area contributed by atoms with Crippen molar-refractivity contribution >= 4 is 29.2 Å². The molecule has 1 heterocycles. The van der Waals surface area contributed by atoms with Crippen LogP contribution in [0.5, 0.6) is 11.5 Å². The highest BCUT2D eigenvalue weighted by atomic mass is 16.5. The van der Waals surface area contributed by atoms with Crippen molar-refractivity contribution in [2.45, 2.75) is 47.0 Å². The van der Waals surface area contributed by atoms with E-state index >= 15 is 0 Å². The lowest BCUT2D eigenvalue weighted by molar-refractivity contribution is -0.151. The van der Waals surface area contributed by atoms with Gasteiger partial charge in [0.05, 0.1) is 5.92 Å². The van der Waals surface area contributed by atoms with E-state index in [2.05, 4.69) is 31.3 Å². The van der Waals surface area contributed by atoms with Gasteiger partial charge in [0.25, 0.3) is 5.91 Å². The van der Waals surface area contributed by atoms with Gasteiger partial charge in [0.15, 0.2) is 6.61 Å². The number of rotatable bonds is 8. The highest BCUT2D eigenvalue weighted by molar-refractivity contribution is 6.00. The van der Waals surface area contributed by atoms with E-state index in [9.17, 15) is 14.4 Å². The molecule has 0 radical (unpaired) electrons. The van der Waals surface area contributed by atoms with Crippen molar-refractivity contribution in [2.24, 2.45) is 5.92 Å². The van der Waals surface area contributed by atoms with Crippen LogP contribution in [-0.2, 0) is 19.1 Å². The summed E-state index contributed by atoms with van der Waals surface area (Å²) >= 11 is 0. The van der Waals surface area contributed by atoms with Gasteiger partial charge in [-0.2, -0.15) is 0 Å². The third-order valence-electron chi connectivity index (χ3n) is 6.85. The number of amides is 2. The smallest absolute Gasteiger partial charge is 0.311 e. The summed E-state index contributed by atoms with van der Waals surface area (Å²) in [5.74, 6) is 0.0272. The normalized spacial score (nSPS) is 15.1. The monoisotopic (exact) mass is 514 g/mol. The molecule has 7 nitrogen and oxygen atoms in total. The fraction of sp³-hybridized carbons (Fsp3) is 0.323. The molecule has 1 aliphatic rings. The number of benzene rings is 3. The molecule has 0 aromatic heterocycles. The Kier molecular flexibility index (Phi) is 8.15. The van der Waals surface area contributed by atoms with Gasteiger partial charge in [-0.05, 0) is 85.3 Å². The molecular formula is C31H34N2O5. The summed E-state index contributed by atoms with van der Waals surface area (Å²) in [5, 5.41) is 2.77. The number of carbonyl (C=O) groups excluding carboxylic acids is 3. The average molecular weight is 515 g/mol. The summed E-state index contributed by atoms with van der Waals surface area (Å²) in [6.45, 7) is 9.95. The zero-order chi connectivity index (χ0) is 27.4. The molecule has 0 bridgehead atoms. The van der Waals surface area contributed by atoms with Crippen molar-refractivity contribution in [3.05, 3.63) is 82.9 Å². The molecule has 0 spiro atoms. The number of nitrogens with zero attached hydrogens (tertiary/aromatic N) is 1. The summed E-state index contributed by atoms with van der Waals surface area (Å²) < 4.78 is 11.4. The van der Waals surface area contributed by atoms with Gasteiger partial charge in [-0.1, -0.05) is 38.1 Å². The zero-order valence-electron chi connectivity index (χ0n) is 22.5. The second-order valence-electron chi connectivity index (χ2n) is 10.1. The lowest BCUT2D eigenvalue weighted by Crippen LogP contribution is -2.28. The molecule has 198 valence electrons. The molecule has 4 rings (SSSR count). The topological polar surface area (TPSA) is 84.9 Å². The number of nitrogens with one attached hydrogen (secondary N) is 1. The summed E-state index contributed by atoms with van der Waals surface area (Å²) in [5.41, 5.74) is 5.62. The van der Waals surface area contributed by atoms with Gasteiger partial charge in [-0.3, -0.25) is 14.4 Å². The summed E-state index contributed by atoms with van der Waals surface area (Å²) in [4.78, 5) is 39.2. The van der Waals surface area contributed by atoms with Gasteiger partial charge in [-0.25, -0.2) is 0 Å². The van der Waals surface area contributed by atoms with Crippen LogP contribution in [0.15, 0.2) is 60.7 Å². The number of ether oxygens (including phenoxy) is 2. The highest BCUT2D eigenvalue weighted by Gasteiger charge is 2.36. The van der Waals surface area contributed by atoms with Crippen molar-refractivity contribution in [1.82, 2.24) is 0 Å². The van der Waals surface area contributed by atoms with Crippen molar-refractivity contribution in [2.75, 3.05) is 23.4 Å². The number of esters is 1. The molecule has 2 amide bonds. The maximum Gasteiger partial charge on any atom is 0.311 e. The molecule has 0 aliphatic carbocycles. The van der Waals surface area contributed by atoms with E-state index < -0.39 is 24.4 Å². The summed E-state index contributed by atoms with van der Waals surface area (Å²) in [7, 11) is 0. The Morgan fingerprint density at radius 2 is 1.76 bits per heavy atom. The average Bonchev–Trinajstić information content (AvgIpc) is 3.27. The largest absolute Gasteiger partial charge is 0.457 e. The molecule has 1 aliphatic heterocycles. The second kappa shape index (κ2) is 11.5. The molecule has 7 heteroatoms.